The number of rotatable bonds is 4. The zero-order valence-corrected chi connectivity index (χ0v) is 15.3. The average molecular weight is 357 g/mol. The quantitative estimate of drug-likeness (QED) is 0.663. The third-order valence-corrected chi connectivity index (χ3v) is 5.24. The molecule has 3 nitrogen and oxygen atoms in total. The Labute approximate surface area is 160 Å². The molecule has 1 fully saturated rings. The first-order valence-electron chi connectivity index (χ1n) is 9.37. The summed E-state index contributed by atoms with van der Waals surface area (Å²) in [5, 5.41) is 0. The summed E-state index contributed by atoms with van der Waals surface area (Å²) in [6, 6.07) is 30.3. The largest absolute Gasteiger partial charge is 0.378 e. The van der Waals surface area contributed by atoms with Crippen LogP contribution in [0.5, 0.6) is 0 Å². The zero-order valence-electron chi connectivity index (χ0n) is 15.3. The minimum absolute atomic E-state index is 0.106. The van der Waals surface area contributed by atoms with Crippen LogP contribution in [0.2, 0.25) is 0 Å². The van der Waals surface area contributed by atoms with Crippen molar-refractivity contribution in [3.05, 3.63) is 108 Å². The number of carbonyl (C=O) groups excluding carboxylic acids is 1. The molecular weight excluding hydrogens is 334 g/mol. The van der Waals surface area contributed by atoms with Crippen LogP contribution in [0.1, 0.15) is 16.7 Å². The molecule has 1 saturated heterocycles. The van der Waals surface area contributed by atoms with Gasteiger partial charge in [0.2, 0.25) is 5.91 Å². The van der Waals surface area contributed by atoms with E-state index in [1.807, 2.05) is 59.5 Å². The first-order valence-corrected chi connectivity index (χ1v) is 9.37. The highest BCUT2D eigenvalue weighted by Gasteiger charge is 2.46. The Morgan fingerprint density at radius 1 is 0.667 bits per heavy atom. The number of hydrogen-bond acceptors (Lipinski definition) is 2. The Morgan fingerprint density at radius 3 is 1.41 bits per heavy atom. The van der Waals surface area contributed by atoms with Crippen LogP contribution in [0.15, 0.2) is 91.0 Å². The van der Waals surface area contributed by atoms with Gasteiger partial charge in [-0.25, -0.2) is 0 Å². The molecule has 3 heteroatoms. The van der Waals surface area contributed by atoms with Crippen molar-refractivity contribution in [1.82, 2.24) is 4.90 Å². The normalized spacial score (nSPS) is 14.7. The number of amides is 1. The molecule has 4 rings (SSSR count). The van der Waals surface area contributed by atoms with E-state index in [4.69, 9.17) is 4.74 Å². The van der Waals surface area contributed by atoms with E-state index in [1.165, 1.54) is 0 Å². The van der Waals surface area contributed by atoms with Crippen LogP contribution in [0.4, 0.5) is 0 Å². The van der Waals surface area contributed by atoms with Gasteiger partial charge in [0.1, 0.15) is 5.41 Å². The molecular formula is C24H23NO2. The lowest BCUT2D eigenvalue weighted by Gasteiger charge is -2.40. The van der Waals surface area contributed by atoms with Gasteiger partial charge in [0.15, 0.2) is 0 Å². The van der Waals surface area contributed by atoms with Crippen LogP contribution in [0.25, 0.3) is 0 Å². The number of hydrogen-bond donors (Lipinski definition) is 0. The lowest BCUT2D eigenvalue weighted by atomic mass is 9.68. The van der Waals surface area contributed by atoms with Gasteiger partial charge in [-0.15, -0.1) is 0 Å². The Bertz CT molecular complexity index is 775. The van der Waals surface area contributed by atoms with Crippen molar-refractivity contribution in [3.8, 4) is 0 Å². The first-order chi connectivity index (χ1) is 13.3. The predicted molar refractivity (Wildman–Crippen MR) is 107 cm³/mol. The Balaban J connectivity index is 1.99. The van der Waals surface area contributed by atoms with E-state index in [2.05, 4.69) is 36.4 Å². The fourth-order valence-electron chi connectivity index (χ4n) is 3.94. The van der Waals surface area contributed by atoms with E-state index in [9.17, 15) is 4.79 Å². The highest BCUT2D eigenvalue weighted by atomic mass is 16.5. The molecule has 27 heavy (non-hydrogen) atoms. The third-order valence-electron chi connectivity index (χ3n) is 5.24. The number of benzene rings is 3. The maximum Gasteiger partial charge on any atom is 0.242 e. The van der Waals surface area contributed by atoms with Crippen LogP contribution in [0.3, 0.4) is 0 Å². The minimum atomic E-state index is -0.874. The van der Waals surface area contributed by atoms with Crippen molar-refractivity contribution in [3.63, 3.8) is 0 Å². The van der Waals surface area contributed by atoms with Crippen LogP contribution in [-0.4, -0.2) is 37.1 Å². The van der Waals surface area contributed by atoms with Gasteiger partial charge in [0, 0.05) is 13.1 Å². The molecule has 0 N–H and O–H groups in total. The molecule has 0 aromatic heterocycles. The van der Waals surface area contributed by atoms with Crippen molar-refractivity contribution in [2.24, 2.45) is 0 Å². The van der Waals surface area contributed by atoms with E-state index in [1.54, 1.807) is 0 Å². The van der Waals surface area contributed by atoms with Gasteiger partial charge in [-0.2, -0.15) is 0 Å². The fourth-order valence-corrected chi connectivity index (χ4v) is 3.94. The number of nitrogens with zero attached hydrogens (tertiary/aromatic N) is 1. The minimum Gasteiger partial charge on any atom is -0.378 e. The molecule has 3 aromatic rings. The van der Waals surface area contributed by atoms with Crippen LogP contribution in [-0.2, 0) is 14.9 Å². The van der Waals surface area contributed by atoms with Crippen molar-refractivity contribution in [2.45, 2.75) is 5.41 Å². The maximum atomic E-state index is 14.1. The number of morpholine rings is 1. The lowest BCUT2D eigenvalue weighted by Crippen LogP contribution is -2.52. The summed E-state index contributed by atoms with van der Waals surface area (Å²) >= 11 is 0. The molecule has 0 spiro atoms. The molecule has 0 bridgehead atoms. The zero-order chi connectivity index (χ0) is 18.5. The molecule has 1 amide bonds. The van der Waals surface area contributed by atoms with Gasteiger partial charge < -0.3 is 9.64 Å². The van der Waals surface area contributed by atoms with Gasteiger partial charge in [-0.3, -0.25) is 4.79 Å². The second-order valence-corrected chi connectivity index (χ2v) is 6.75. The molecule has 1 aliphatic rings. The van der Waals surface area contributed by atoms with Gasteiger partial charge in [0.05, 0.1) is 13.2 Å². The molecule has 0 radical (unpaired) electrons. The summed E-state index contributed by atoms with van der Waals surface area (Å²) in [4.78, 5) is 16.0. The topological polar surface area (TPSA) is 29.5 Å². The molecule has 0 saturated carbocycles. The predicted octanol–water partition coefficient (Wildman–Crippen LogP) is 3.88. The molecule has 136 valence electrons. The van der Waals surface area contributed by atoms with Crippen LogP contribution < -0.4 is 0 Å². The Morgan fingerprint density at radius 2 is 1.04 bits per heavy atom. The fraction of sp³-hybridized carbons (Fsp3) is 0.208. The van der Waals surface area contributed by atoms with E-state index in [0.29, 0.717) is 26.3 Å². The average Bonchev–Trinajstić information content (AvgIpc) is 2.77. The van der Waals surface area contributed by atoms with Crippen molar-refractivity contribution >= 4 is 5.91 Å². The summed E-state index contributed by atoms with van der Waals surface area (Å²) < 4.78 is 5.49. The van der Waals surface area contributed by atoms with Gasteiger partial charge in [-0.1, -0.05) is 91.0 Å². The third kappa shape index (κ3) is 3.15. The van der Waals surface area contributed by atoms with E-state index < -0.39 is 5.41 Å². The molecule has 0 unspecified atom stereocenters. The highest BCUT2D eigenvalue weighted by molar-refractivity contribution is 5.96. The number of ether oxygens (including phenoxy) is 1. The summed E-state index contributed by atoms with van der Waals surface area (Å²) in [6.07, 6.45) is 0. The summed E-state index contributed by atoms with van der Waals surface area (Å²) in [5.74, 6) is 0.106. The van der Waals surface area contributed by atoms with Gasteiger partial charge >= 0.3 is 0 Å². The second-order valence-electron chi connectivity index (χ2n) is 6.75. The molecule has 3 aromatic carbocycles. The Hall–Kier alpha value is -2.91. The van der Waals surface area contributed by atoms with Gasteiger partial charge in [-0.05, 0) is 16.7 Å². The molecule has 0 aliphatic carbocycles. The highest BCUT2D eigenvalue weighted by Crippen LogP contribution is 2.41. The maximum absolute atomic E-state index is 14.1. The van der Waals surface area contributed by atoms with Gasteiger partial charge in [0.25, 0.3) is 0 Å². The van der Waals surface area contributed by atoms with Crippen LogP contribution in [0, 0.1) is 0 Å². The number of carbonyl (C=O) groups is 1. The first kappa shape index (κ1) is 17.5. The Kier molecular flexibility index (Phi) is 5.03. The lowest BCUT2D eigenvalue weighted by molar-refractivity contribution is -0.138. The molecule has 1 heterocycles. The van der Waals surface area contributed by atoms with E-state index >= 15 is 0 Å². The molecule has 1 aliphatic heterocycles. The van der Waals surface area contributed by atoms with E-state index in [0.717, 1.165) is 16.7 Å². The van der Waals surface area contributed by atoms with Crippen molar-refractivity contribution in [2.75, 3.05) is 26.3 Å². The SMILES string of the molecule is O=C(N1CCOCC1)C(c1ccccc1)(c1ccccc1)c1ccccc1. The van der Waals surface area contributed by atoms with Crippen molar-refractivity contribution < 1.29 is 9.53 Å². The molecule has 0 atom stereocenters. The van der Waals surface area contributed by atoms with Crippen LogP contribution >= 0.6 is 0 Å². The standard InChI is InChI=1S/C24H23NO2/c26-23(25-16-18-27-19-17-25)24(20-10-4-1-5-11-20,21-12-6-2-7-13-21)22-14-8-3-9-15-22/h1-15H,16-19H2. The smallest absolute Gasteiger partial charge is 0.242 e. The second kappa shape index (κ2) is 7.77. The summed E-state index contributed by atoms with van der Waals surface area (Å²) in [6.45, 7) is 2.40. The summed E-state index contributed by atoms with van der Waals surface area (Å²) in [5.41, 5.74) is 2.08. The van der Waals surface area contributed by atoms with Crippen molar-refractivity contribution in [1.29, 1.82) is 0 Å². The monoisotopic (exact) mass is 357 g/mol. The summed E-state index contributed by atoms with van der Waals surface area (Å²) in [7, 11) is 0. The van der Waals surface area contributed by atoms with E-state index in [-0.39, 0.29) is 5.91 Å².